The van der Waals surface area contributed by atoms with E-state index in [-0.39, 0.29) is 0 Å². The molecule has 4 heteroatoms. The third-order valence-corrected chi connectivity index (χ3v) is 3.54. The molecule has 3 nitrogen and oxygen atoms in total. The predicted molar refractivity (Wildman–Crippen MR) is 64.7 cm³/mol. The number of hydrogen-bond acceptors (Lipinski definition) is 2. The standard InChI is InChI=1S/C12H11N3S/c1-7-4-10(7)15-11-5-8(6-13)2-3-9(11)14-12(15)16/h2-3,5,7,10H,4H2,1H3,(H,14,16). The van der Waals surface area contributed by atoms with Crippen LogP contribution in [0.15, 0.2) is 18.2 Å². The second kappa shape index (κ2) is 3.19. The molecule has 1 N–H and O–H groups in total. The van der Waals surface area contributed by atoms with E-state index in [0.717, 1.165) is 15.8 Å². The topological polar surface area (TPSA) is 44.5 Å². The Labute approximate surface area is 98.3 Å². The molecule has 2 aromatic rings. The van der Waals surface area contributed by atoms with E-state index in [2.05, 4.69) is 22.5 Å². The highest BCUT2D eigenvalue weighted by Gasteiger charge is 2.35. The van der Waals surface area contributed by atoms with Gasteiger partial charge in [0.1, 0.15) is 0 Å². The first-order chi connectivity index (χ1) is 7.70. The molecule has 16 heavy (non-hydrogen) atoms. The molecule has 0 bridgehead atoms. The van der Waals surface area contributed by atoms with Gasteiger partial charge in [0.05, 0.1) is 22.7 Å². The van der Waals surface area contributed by atoms with Crippen LogP contribution in [0.3, 0.4) is 0 Å². The van der Waals surface area contributed by atoms with Crippen molar-refractivity contribution in [2.45, 2.75) is 19.4 Å². The highest BCUT2D eigenvalue weighted by Crippen LogP contribution is 2.44. The zero-order valence-corrected chi connectivity index (χ0v) is 9.71. The third kappa shape index (κ3) is 1.29. The number of nitriles is 1. The first-order valence-corrected chi connectivity index (χ1v) is 5.76. The van der Waals surface area contributed by atoms with E-state index in [1.54, 1.807) is 0 Å². The minimum absolute atomic E-state index is 0.509. The van der Waals surface area contributed by atoms with Crippen LogP contribution in [-0.4, -0.2) is 9.55 Å². The summed E-state index contributed by atoms with van der Waals surface area (Å²) in [6, 6.07) is 8.32. The van der Waals surface area contributed by atoms with Gasteiger partial charge in [0.15, 0.2) is 4.77 Å². The molecule has 1 aliphatic carbocycles. The van der Waals surface area contributed by atoms with Gasteiger partial charge in [-0.15, -0.1) is 0 Å². The Morgan fingerprint density at radius 2 is 2.31 bits per heavy atom. The van der Waals surface area contributed by atoms with Crippen LogP contribution >= 0.6 is 12.2 Å². The normalized spacial score (nSPS) is 23.2. The van der Waals surface area contributed by atoms with Gasteiger partial charge in [-0.25, -0.2) is 0 Å². The van der Waals surface area contributed by atoms with Crippen molar-refractivity contribution >= 4 is 23.3 Å². The highest BCUT2D eigenvalue weighted by molar-refractivity contribution is 7.71. The second-order valence-corrected chi connectivity index (χ2v) is 4.81. The minimum atomic E-state index is 0.509. The molecule has 1 heterocycles. The Morgan fingerprint density at radius 3 is 2.94 bits per heavy atom. The monoisotopic (exact) mass is 229 g/mol. The Bertz CT molecular complexity index is 659. The third-order valence-electron chi connectivity index (χ3n) is 3.25. The molecule has 2 unspecified atom stereocenters. The van der Waals surface area contributed by atoms with Gasteiger partial charge in [0.25, 0.3) is 0 Å². The van der Waals surface area contributed by atoms with Crippen LogP contribution in [0.5, 0.6) is 0 Å². The SMILES string of the molecule is CC1CC1n1c(=S)[nH]c2ccc(C#N)cc21. The van der Waals surface area contributed by atoms with Crippen molar-refractivity contribution in [2.24, 2.45) is 5.92 Å². The summed E-state index contributed by atoms with van der Waals surface area (Å²) in [4.78, 5) is 3.19. The summed E-state index contributed by atoms with van der Waals surface area (Å²) in [5, 5.41) is 8.91. The fourth-order valence-electron chi connectivity index (χ4n) is 2.18. The molecule has 1 aromatic heterocycles. The average Bonchev–Trinajstić information content (AvgIpc) is 2.89. The maximum absolute atomic E-state index is 8.91. The molecule has 1 saturated carbocycles. The average molecular weight is 229 g/mol. The lowest BCUT2D eigenvalue weighted by Gasteiger charge is -2.01. The van der Waals surface area contributed by atoms with Crippen LogP contribution in [0.2, 0.25) is 0 Å². The fourth-order valence-corrected chi connectivity index (χ4v) is 2.53. The number of nitrogens with one attached hydrogen (secondary N) is 1. The molecule has 80 valence electrons. The maximum Gasteiger partial charge on any atom is 0.178 e. The molecule has 3 rings (SSSR count). The summed E-state index contributed by atoms with van der Waals surface area (Å²) in [5.41, 5.74) is 2.75. The van der Waals surface area contributed by atoms with E-state index in [9.17, 15) is 0 Å². The van der Waals surface area contributed by atoms with Gasteiger partial charge in [0, 0.05) is 6.04 Å². The van der Waals surface area contributed by atoms with Gasteiger partial charge in [-0.2, -0.15) is 5.26 Å². The van der Waals surface area contributed by atoms with E-state index < -0.39 is 0 Å². The van der Waals surface area contributed by atoms with Crippen LogP contribution in [0.25, 0.3) is 11.0 Å². The van der Waals surface area contributed by atoms with Crippen molar-refractivity contribution < 1.29 is 0 Å². The van der Waals surface area contributed by atoms with Gasteiger partial charge in [-0.3, -0.25) is 0 Å². The van der Waals surface area contributed by atoms with Gasteiger partial charge in [-0.1, -0.05) is 6.92 Å². The van der Waals surface area contributed by atoms with Crippen molar-refractivity contribution in [3.8, 4) is 6.07 Å². The van der Waals surface area contributed by atoms with Crippen molar-refractivity contribution in [3.05, 3.63) is 28.5 Å². The van der Waals surface area contributed by atoms with Crippen molar-refractivity contribution in [3.63, 3.8) is 0 Å². The van der Waals surface area contributed by atoms with Crippen LogP contribution < -0.4 is 0 Å². The molecule has 0 aliphatic heterocycles. The molecule has 0 spiro atoms. The lowest BCUT2D eigenvalue weighted by atomic mass is 10.2. The van der Waals surface area contributed by atoms with Crippen LogP contribution in [0.4, 0.5) is 0 Å². The molecule has 1 aromatic carbocycles. The molecule has 1 aliphatic rings. The van der Waals surface area contributed by atoms with E-state index in [4.69, 9.17) is 17.5 Å². The number of benzene rings is 1. The summed E-state index contributed by atoms with van der Waals surface area (Å²) in [6.45, 7) is 2.22. The van der Waals surface area contributed by atoms with Crippen LogP contribution in [0.1, 0.15) is 24.9 Å². The molecule has 0 saturated heterocycles. The summed E-state index contributed by atoms with van der Waals surface area (Å²) in [7, 11) is 0. The summed E-state index contributed by atoms with van der Waals surface area (Å²) < 4.78 is 2.91. The lowest BCUT2D eigenvalue weighted by Crippen LogP contribution is -1.95. The Kier molecular flexibility index (Phi) is 1.92. The fraction of sp³-hybridized carbons (Fsp3) is 0.333. The quantitative estimate of drug-likeness (QED) is 0.763. The van der Waals surface area contributed by atoms with Gasteiger partial charge < -0.3 is 9.55 Å². The lowest BCUT2D eigenvalue weighted by molar-refractivity contribution is 0.695. The number of aromatic nitrogens is 2. The maximum atomic E-state index is 8.91. The zero-order chi connectivity index (χ0) is 11.3. The largest absolute Gasteiger partial charge is 0.331 e. The molecular formula is C12H11N3S. The van der Waals surface area contributed by atoms with Crippen LogP contribution in [0, 0.1) is 22.0 Å². The summed E-state index contributed by atoms with van der Waals surface area (Å²) in [5.74, 6) is 0.691. The number of H-pyrrole nitrogens is 1. The van der Waals surface area contributed by atoms with Gasteiger partial charge in [0.2, 0.25) is 0 Å². The van der Waals surface area contributed by atoms with E-state index in [1.165, 1.54) is 6.42 Å². The molecule has 1 fully saturated rings. The summed E-state index contributed by atoms with van der Waals surface area (Å²) in [6.07, 6.45) is 1.18. The first-order valence-electron chi connectivity index (χ1n) is 5.35. The number of nitrogens with zero attached hydrogens (tertiary/aromatic N) is 2. The molecule has 2 atom stereocenters. The summed E-state index contributed by atoms with van der Waals surface area (Å²) >= 11 is 5.33. The van der Waals surface area contributed by atoms with Gasteiger partial charge >= 0.3 is 0 Å². The van der Waals surface area contributed by atoms with Crippen molar-refractivity contribution in [2.75, 3.05) is 0 Å². The number of aromatic amines is 1. The number of rotatable bonds is 1. The van der Waals surface area contributed by atoms with Crippen LogP contribution in [-0.2, 0) is 0 Å². The Morgan fingerprint density at radius 1 is 1.56 bits per heavy atom. The van der Waals surface area contributed by atoms with E-state index in [1.807, 2.05) is 18.2 Å². The zero-order valence-electron chi connectivity index (χ0n) is 8.90. The van der Waals surface area contributed by atoms with E-state index >= 15 is 0 Å². The smallest absolute Gasteiger partial charge is 0.178 e. The molecule has 0 radical (unpaired) electrons. The molecular weight excluding hydrogens is 218 g/mol. The first kappa shape index (κ1) is 9.61. The number of fused-ring (bicyclic) bond motifs is 1. The number of hydrogen-bond donors (Lipinski definition) is 1. The predicted octanol–water partition coefficient (Wildman–Crippen LogP) is 3.15. The number of imidazole rings is 1. The van der Waals surface area contributed by atoms with Crippen molar-refractivity contribution in [1.29, 1.82) is 5.26 Å². The Hall–Kier alpha value is -1.60. The van der Waals surface area contributed by atoms with Gasteiger partial charge in [-0.05, 0) is 42.8 Å². The second-order valence-electron chi connectivity index (χ2n) is 4.42. The Balaban J connectivity index is 2.30. The molecule has 0 amide bonds. The minimum Gasteiger partial charge on any atom is -0.331 e. The van der Waals surface area contributed by atoms with E-state index in [0.29, 0.717) is 17.5 Å². The van der Waals surface area contributed by atoms with Crippen molar-refractivity contribution in [1.82, 2.24) is 9.55 Å². The highest BCUT2D eigenvalue weighted by atomic mass is 32.1.